The highest BCUT2D eigenvalue weighted by Crippen LogP contribution is 2.22. The second-order valence-corrected chi connectivity index (χ2v) is 6.91. The molecule has 0 bridgehead atoms. The highest BCUT2D eigenvalue weighted by molar-refractivity contribution is 5.85. The van der Waals surface area contributed by atoms with Crippen LogP contribution in [0.25, 0.3) is 0 Å². The molecule has 0 atom stereocenters. The van der Waals surface area contributed by atoms with E-state index in [1.54, 1.807) is 12.1 Å². The fourth-order valence-corrected chi connectivity index (χ4v) is 2.81. The number of aliphatic hydroxyl groups excluding tert-OH is 2. The topological polar surface area (TPSA) is 99.5 Å². The Morgan fingerprint density at radius 3 is 2.32 bits per heavy atom. The zero-order valence-corrected chi connectivity index (χ0v) is 16.8. The number of hydrogen-bond acceptors (Lipinski definition) is 5. The molecule has 0 aromatic heterocycles. The van der Waals surface area contributed by atoms with Gasteiger partial charge in [-0.3, -0.25) is 0 Å². The fraction of sp³-hybridized carbons (Fsp3) is 0.409. The summed E-state index contributed by atoms with van der Waals surface area (Å²) in [6.07, 6.45) is 3.98. The minimum absolute atomic E-state index is 0. The van der Waals surface area contributed by atoms with Gasteiger partial charge in [0.25, 0.3) is 0 Å². The van der Waals surface area contributed by atoms with Crippen LogP contribution < -0.4 is 10.5 Å². The predicted octanol–water partition coefficient (Wildman–Crippen LogP) is 3.00. The Balaban J connectivity index is 0.00000392. The van der Waals surface area contributed by atoms with Crippen molar-refractivity contribution in [3.8, 4) is 11.8 Å². The molecule has 2 aromatic rings. The Hall–Kier alpha value is -2.10. The average molecular weight is 405 g/mol. The van der Waals surface area contributed by atoms with Gasteiger partial charge in [-0.15, -0.1) is 12.4 Å². The van der Waals surface area contributed by atoms with Crippen LogP contribution in [0.1, 0.15) is 36.0 Å². The molecule has 5 nitrogen and oxygen atoms in total. The van der Waals surface area contributed by atoms with Gasteiger partial charge in [0.15, 0.2) is 0 Å². The molecule has 4 N–H and O–H groups in total. The Morgan fingerprint density at radius 1 is 0.964 bits per heavy atom. The largest absolute Gasteiger partial charge is 0.492 e. The van der Waals surface area contributed by atoms with E-state index in [-0.39, 0.29) is 25.6 Å². The highest BCUT2D eigenvalue weighted by atomic mass is 35.5. The van der Waals surface area contributed by atoms with Crippen LogP contribution in [0.4, 0.5) is 0 Å². The molecule has 6 heteroatoms. The number of unbranched alkanes of at least 4 members (excludes halogenated alkanes) is 1. The maximum Gasteiger partial charge on any atom is 0.137 e. The molecule has 0 heterocycles. The van der Waals surface area contributed by atoms with Gasteiger partial charge in [0.1, 0.15) is 11.8 Å². The van der Waals surface area contributed by atoms with E-state index in [4.69, 9.17) is 10.5 Å². The van der Waals surface area contributed by atoms with Crippen LogP contribution in [0.15, 0.2) is 48.5 Å². The minimum Gasteiger partial charge on any atom is -0.492 e. The Labute approximate surface area is 173 Å². The van der Waals surface area contributed by atoms with E-state index >= 15 is 0 Å². The second kappa shape index (κ2) is 12.4. The Kier molecular flexibility index (Phi) is 10.6. The first-order valence-electron chi connectivity index (χ1n) is 9.30. The lowest BCUT2D eigenvalue weighted by Gasteiger charge is -2.24. The first kappa shape index (κ1) is 23.9. The monoisotopic (exact) mass is 404 g/mol. The summed E-state index contributed by atoms with van der Waals surface area (Å²) >= 11 is 0. The molecule has 0 saturated carbocycles. The molecule has 0 spiro atoms. The summed E-state index contributed by atoms with van der Waals surface area (Å²) in [5.41, 5.74) is 7.63. The first-order chi connectivity index (χ1) is 13.1. The molecule has 0 radical (unpaired) electrons. The highest BCUT2D eigenvalue weighted by Gasteiger charge is 2.22. The Bertz CT molecular complexity index is 743. The normalized spacial score (nSPS) is 10.8. The van der Waals surface area contributed by atoms with Gasteiger partial charge < -0.3 is 20.7 Å². The zero-order chi connectivity index (χ0) is 19.5. The molecular weight excluding hydrogens is 376 g/mol. The van der Waals surface area contributed by atoms with Gasteiger partial charge in [0.2, 0.25) is 0 Å². The number of aliphatic hydroxyl groups is 2. The number of benzene rings is 2. The quantitative estimate of drug-likeness (QED) is 0.500. The number of nitrogens with zero attached hydrogens (tertiary/aromatic N) is 1. The van der Waals surface area contributed by atoms with Gasteiger partial charge in [-0.05, 0) is 55.4 Å². The average Bonchev–Trinajstić information content (AvgIpc) is 2.73. The van der Waals surface area contributed by atoms with Crippen LogP contribution in [0.5, 0.6) is 5.75 Å². The van der Waals surface area contributed by atoms with E-state index in [2.05, 4.69) is 18.2 Å². The van der Waals surface area contributed by atoms with Crippen molar-refractivity contribution in [3.63, 3.8) is 0 Å². The van der Waals surface area contributed by atoms with Crippen molar-refractivity contribution < 1.29 is 14.9 Å². The summed E-state index contributed by atoms with van der Waals surface area (Å²) in [6.45, 7) is 0.0133. The van der Waals surface area contributed by atoms with Crippen molar-refractivity contribution >= 4 is 12.4 Å². The molecule has 0 unspecified atom stereocenters. The van der Waals surface area contributed by atoms with Crippen molar-refractivity contribution in [2.75, 3.05) is 19.8 Å². The molecule has 0 amide bonds. The number of nitrogens with two attached hydrogens (primary N) is 1. The van der Waals surface area contributed by atoms with Gasteiger partial charge >= 0.3 is 0 Å². The van der Waals surface area contributed by atoms with Crippen molar-refractivity contribution in [1.29, 1.82) is 5.26 Å². The number of ether oxygens (including phenoxy) is 1. The predicted molar refractivity (Wildman–Crippen MR) is 113 cm³/mol. The van der Waals surface area contributed by atoms with Gasteiger partial charge in [-0.2, -0.15) is 5.26 Å². The SMILES string of the molecule is Cl.N#Cc1cc(CCC(N)(CO)CO)ccc1OCCCCc1ccccc1. The Morgan fingerprint density at radius 2 is 1.68 bits per heavy atom. The minimum atomic E-state index is -0.999. The summed E-state index contributed by atoms with van der Waals surface area (Å²) in [5, 5.41) is 27.9. The smallest absolute Gasteiger partial charge is 0.137 e. The maximum atomic E-state index is 9.38. The summed E-state index contributed by atoms with van der Waals surface area (Å²) in [6, 6.07) is 18.0. The zero-order valence-electron chi connectivity index (χ0n) is 16.0. The lowest BCUT2D eigenvalue weighted by Crippen LogP contribution is -2.47. The first-order valence-corrected chi connectivity index (χ1v) is 9.30. The van der Waals surface area contributed by atoms with E-state index in [0.717, 1.165) is 24.8 Å². The molecule has 2 rings (SSSR count). The van der Waals surface area contributed by atoms with E-state index in [9.17, 15) is 15.5 Å². The van der Waals surface area contributed by atoms with Crippen LogP contribution in [-0.2, 0) is 12.8 Å². The third-order valence-electron chi connectivity index (χ3n) is 4.67. The number of aryl methyl sites for hydroxylation is 2. The number of hydrogen-bond donors (Lipinski definition) is 3. The second-order valence-electron chi connectivity index (χ2n) is 6.91. The van der Waals surface area contributed by atoms with Crippen molar-refractivity contribution in [1.82, 2.24) is 0 Å². The standard InChI is InChI=1S/C22H28N2O3.ClH/c23-15-20-14-19(11-12-22(24,16-25)17-26)9-10-21(20)27-13-5-4-8-18-6-2-1-3-7-18;/h1-3,6-7,9-10,14,25-26H,4-5,8,11-13,16-17,24H2;1H. The van der Waals surface area contributed by atoms with E-state index < -0.39 is 5.54 Å². The van der Waals surface area contributed by atoms with Crippen LogP contribution >= 0.6 is 12.4 Å². The van der Waals surface area contributed by atoms with E-state index in [1.807, 2.05) is 24.3 Å². The lowest BCUT2D eigenvalue weighted by atomic mass is 9.93. The van der Waals surface area contributed by atoms with Crippen LogP contribution in [0.3, 0.4) is 0 Å². The summed E-state index contributed by atoms with van der Waals surface area (Å²) in [5.74, 6) is 0.587. The molecule has 0 fully saturated rings. The van der Waals surface area contributed by atoms with Crippen LogP contribution in [0, 0.1) is 11.3 Å². The summed E-state index contributed by atoms with van der Waals surface area (Å²) in [7, 11) is 0. The van der Waals surface area contributed by atoms with Crippen molar-refractivity contribution in [2.45, 2.75) is 37.6 Å². The van der Waals surface area contributed by atoms with Gasteiger partial charge in [0.05, 0.1) is 30.9 Å². The molecule has 28 heavy (non-hydrogen) atoms. The number of nitriles is 1. The van der Waals surface area contributed by atoms with Crippen molar-refractivity contribution in [2.24, 2.45) is 5.73 Å². The van der Waals surface area contributed by atoms with E-state index in [0.29, 0.717) is 30.8 Å². The molecule has 0 saturated heterocycles. The van der Waals surface area contributed by atoms with Crippen LogP contribution in [0.2, 0.25) is 0 Å². The number of rotatable bonds is 11. The molecule has 152 valence electrons. The number of halogens is 1. The van der Waals surface area contributed by atoms with Gasteiger partial charge in [-0.1, -0.05) is 36.4 Å². The lowest BCUT2D eigenvalue weighted by molar-refractivity contribution is 0.115. The summed E-state index contributed by atoms with van der Waals surface area (Å²) in [4.78, 5) is 0. The fourth-order valence-electron chi connectivity index (χ4n) is 2.81. The van der Waals surface area contributed by atoms with E-state index in [1.165, 1.54) is 5.56 Å². The summed E-state index contributed by atoms with van der Waals surface area (Å²) < 4.78 is 5.78. The molecule has 0 aliphatic carbocycles. The van der Waals surface area contributed by atoms with Crippen molar-refractivity contribution in [3.05, 3.63) is 65.2 Å². The maximum absolute atomic E-state index is 9.38. The molecular formula is C22H29ClN2O3. The third-order valence-corrected chi connectivity index (χ3v) is 4.67. The molecule has 0 aliphatic heterocycles. The van der Waals surface area contributed by atoms with Crippen LogP contribution in [-0.4, -0.2) is 35.6 Å². The molecule has 0 aliphatic rings. The van der Waals surface area contributed by atoms with Gasteiger partial charge in [-0.25, -0.2) is 0 Å². The third kappa shape index (κ3) is 7.49. The van der Waals surface area contributed by atoms with Gasteiger partial charge in [0, 0.05) is 0 Å². The molecule has 2 aromatic carbocycles.